The Hall–Kier alpha value is -2.10. The van der Waals surface area contributed by atoms with Crippen LogP contribution in [0, 0.1) is 11.3 Å². The highest BCUT2D eigenvalue weighted by atomic mass is 16.5. The molecule has 2 rings (SSSR count). The normalized spacial score (nSPS) is 28.7. The fourth-order valence-corrected chi connectivity index (χ4v) is 3.38. The molecule has 0 N–H and O–H groups in total. The highest BCUT2D eigenvalue weighted by Gasteiger charge is 2.32. The van der Waals surface area contributed by atoms with Gasteiger partial charge in [-0.05, 0) is 61.2 Å². The lowest BCUT2D eigenvalue weighted by Crippen LogP contribution is -2.26. The maximum Gasteiger partial charge on any atom is 0.338 e. The van der Waals surface area contributed by atoms with Crippen LogP contribution in [0.25, 0.3) is 0 Å². The molecule has 0 aromatic rings. The van der Waals surface area contributed by atoms with Gasteiger partial charge in [-0.3, -0.25) is 0 Å². The van der Waals surface area contributed by atoms with Crippen molar-refractivity contribution >= 4 is 11.9 Å². The molecule has 1 aliphatic heterocycles. The maximum atomic E-state index is 11.9. The Morgan fingerprint density at radius 1 is 1.48 bits per heavy atom. The van der Waals surface area contributed by atoms with Crippen molar-refractivity contribution in [2.75, 3.05) is 13.7 Å². The van der Waals surface area contributed by atoms with Gasteiger partial charge in [0.1, 0.15) is 6.61 Å². The van der Waals surface area contributed by atoms with Crippen molar-refractivity contribution in [1.29, 1.82) is 0 Å². The number of rotatable bonds is 4. The minimum atomic E-state index is -0.336. The molecule has 136 valence electrons. The van der Waals surface area contributed by atoms with Crippen LogP contribution in [0.4, 0.5) is 0 Å². The topological polar surface area (TPSA) is 52.6 Å². The molecule has 0 saturated carbocycles. The van der Waals surface area contributed by atoms with Crippen LogP contribution in [0.2, 0.25) is 0 Å². The highest BCUT2D eigenvalue weighted by Crippen LogP contribution is 2.41. The van der Waals surface area contributed by atoms with Gasteiger partial charge in [-0.1, -0.05) is 32.6 Å². The number of carbonyl (C=O) groups excluding carboxylic acids is 2. The lowest BCUT2D eigenvalue weighted by Gasteiger charge is -2.36. The van der Waals surface area contributed by atoms with E-state index in [9.17, 15) is 9.59 Å². The third-order valence-corrected chi connectivity index (χ3v) is 5.61. The molecule has 0 amide bonds. The Morgan fingerprint density at radius 2 is 2.24 bits per heavy atom. The van der Waals surface area contributed by atoms with Crippen LogP contribution >= 0.6 is 0 Å². The van der Waals surface area contributed by atoms with Gasteiger partial charge in [0, 0.05) is 5.57 Å². The molecule has 0 spiro atoms. The van der Waals surface area contributed by atoms with Crippen molar-refractivity contribution in [3.05, 3.63) is 47.6 Å². The molecular weight excluding hydrogens is 316 g/mol. The number of methoxy groups -OCH3 is 1. The van der Waals surface area contributed by atoms with E-state index in [1.54, 1.807) is 6.08 Å². The van der Waals surface area contributed by atoms with Gasteiger partial charge < -0.3 is 9.47 Å². The summed E-state index contributed by atoms with van der Waals surface area (Å²) < 4.78 is 9.85. The quantitative estimate of drug-likeness (QED) is 0.714. The first-order chi connectivity index (χ1) is 11.9. The Labute approximate surface area is 150 Å². The van der Waals surface area contributed by atoms with E-state index in [1.807, 2.05) is 12.2 Å². The number of hydrogen-bond donors (Lipinski definition) is 0. The summed E-state index contributed by atoms with van der Waals surface area (Å²) >= 11 is 0. The monoisotopic (exact) mass is 344 g/mol. The van der Waals surface area contributed by atoms with E-state index in [2.05, 4.69) is 26.5 Å². The highest BCUT2D eigenvalue weighted by molar-refractivity contribution is 5.93. The van der Waals surface area contributed by atoms with Crippen molar-refractivity contribution in [2.45, 2.75) is 46.0 Å². The lowest BCUT2D eigenvalue weighted by molar-refractivity contribution is -0.136. The second-order valence-corrected chi connectivity index (χ2v) is 7.23. The van der Waals surface area contributed by atoms with Gasteiger partial charge >= 0.3 is 11.9 Å². The van der Waals surface area contributed by atoms with Gasteiger partial charge in [0.2, 0.25) is 0 Å². The van der Waals surface area contributed by atoms with E-state index < -0.39 is 0 Å². The van der Waals surface area contributed by atoms with E-state index in [-0.39, 0.29) is 17.4 Å². The lowest BCUT2D eigenvalue weighted by atomic mass is 9.69. The zero-order chi connectivity index (χ0) is 18.4. The van der Waals surface area contributed by atoms with Gasteiger partial charge in [0.15, 0.2) is 0 Å². The zero-order valence-corrected chi connectivity index (χ0v) is 15.5. The molecule has 25 heavy (non-hydrogen) atoms. The predicted molar refractivity (Wildman–Crippen MR) is 97.8 cm³/mol. The SMILES string of the molecule is C=C1CC[C@@H](C)[C@](C)(CCC2=CCOC2=O)C/C=C\C=C1C(=O)OC. The summed E-state index contributed by atoms with van der Waals surface area (Å²) in [5, 5.41) is 0. The van der Waals surface area contributed by atoms with Crippen molar-refractivity contribution in [3.8, 4) is 0 Å². The molecule has 4 heteroatoms. The Kier molecular flexibility index (Phi) is 6.40. The summed E-state index contributed by atoms with van der Waals surface area (Å²) in [4.78, 5) is 23.6. The standard InChI is InChI=1S/C21H28O4/c1-15-8-9-16(2)21(3,13-10-17-11-14-25-19(17)22)12-6-5-7-18(15)20(23)24-4/h5-7,11,16H,1,8-10,12-14H2,2-4H3/b6-5-,18-7?/t16-,21+/m1/s1. The number of cyclic esters (lactones) is 1. The molecule has 0 fully saturated rings. The van der Waals surface area contributed by atoms with Gasteiger partial charge in [0.05, 0.1) is 12.7 Å². The molecule has 0 unspecified atom stereocenters. The first kappa shape index (κ1) is 19.2. The maximum absolute atomic E-state index is 11.9. The van der Waals surface area contributed by atoms with E-state index in [4.69, 9.17) is 9.47 Å². The number of carbonyl (C=O) groups is 2. The Bertz CT molecular complexity index is 638. The summed E-state index contributed by atoms with van der Waals surface area (Å²) in [6, 6.07) is 0. The largest absolute Gasteiger partial charge is 0.465 e. The fraction of sp³-hybridized carbons (Fsp3) is 0.524. The number of ether oxygens (including phenoxy) is 2. The fourth-order valence-electron chi connectivity index (χ4n) is 3.38. The van der Waals surface area contributed by atoms with E-state index >= 15 is 0 Å². The predicted octanol–water partition coefficient (Wildman–Crippen LogP) is 4.29. The van der Waals surface area contributed by atoms with E-state index in [0.29, 0.717) is 18.1 Å². The molecule has 0 bridgehead atoms. The molecule has 0 saturated heterocycles. The van der Waals surface area contributed by atoms with Crippen LogP contribution < -0.4 is 0 Å². The Morgan fingerprint density at radius 3 is 2.88 bits per heavy atom. The summed E-state index contributed by atoms with van der Waals surface area (Å²) in [5.74, 6) is -0.0769. The Balaban J connectivity index is 2.13. The third kappa shape index (κ3) is 4.71. The van der Waals surface area contributed by atoms with Crippen LogP contribution in [-0.2, 0) is 19.1 Å². The zero-order valence-electron chi connectivity index (χ0n) is 15.5. The molecule has 2 atom stereocenters. The molecule has 0 radical (unpaired) electrons. The second-order valence-electron chi connectivity index (χ2n) is 7.23. The molecule has 2 aliphatic rings. The first-order valence-corrected chi connectivity index (χ1v) is 8.87. The van der Waals surface area contributed by atoms with Crippen molar-refractivity contribution in [2.24, 2.45) is 11.3 Å². The average Bonchev–Trinajstić information content (AvgIpc) is 3.01. The van der Waals surface area contributed by atoms with Crippen molar-refractivity contribution in [1.82, 2.24) is 0 Å². The summed E-state index contributed by atoms with van der Waals surface area (Å²) in [7, 11) is 1.39. The average molecular weight is 344 g/mol. The summed E-state index contributed by atoms with van der Waals surface area (Å²) in [6.45, 7) is 8.99. The molecule has 0 aromatic heterocycles. The van der Waals surface area contributed by atoms with Gasteiger partial charge in [-0.15, -0.1) is 0 Å². The number of hydrogen-bond acceptors (Lipinski definition) is 4. The van der Waals surface area contributed by atoms with Gasteiger partial charge in [0.25, 0.3) is 0 Å². The molecule has 1 heterocycles. The van der Waals surface area contributed by atoms with Crippen LogP contribution in [0.15, 0.2) is 47.6 Å². The van der Waals surface area contributed by atoms with Crippen LogP contribution in [0.5, 0.6) is 0 Å². The van der Waals surface area contributed by atoms with Crippen LogP contribution in [-0.4, -0.2) is 25.7 Å². The van der Waals surface area contributed by atoms with Gasteiger partial charge in [-0.2, -0.15) is 0 Å². The van der Waals surface area contributed by atoms with Crippen LogP contribution in [0.3, 0.4) is 0 Å². The number of esters is 2. The van der Waals surface area contributed by atoms with Crippen molar-refractivity contribution < 1.29 is 19.1 Å². The minimum absolute atomic E-state index is 0.0805. The molecular formula is C21H28O4. The smallest absolute Gasteiger partial charge is 0.338 e. The molecule has 0 aromatic carbocycles. The van der Waals surface area contributed by atoms with Crippen molar-refractivity contribution in [3.63, 3.8) is 0 Å². The first-order valence-electron chi connectivity index (χ1n) is 8.87. The van der Waals surface area contributed by atoms with E-state index in [1.165, 1.54) is 7.11 Å². The number of allylic oxidation sites excluding steroid dienone is 3. The molecule has 1 aliphatic carbocycles. The van der Waals surface area contributed by atoms with Crippen LogP contribution in [0.1, 0.15) is 46.0 Å². The van der Waals surface area contributed by atoms with E-state index in [0.717, 1.165) is 43.3 Å². The summed E-state index contributed by atoms with van der Waals surface area (Å²) in [5.41, 5.74) is 2.24. The third-order valence-electron chi connectivity index (χ3n) is 5.61. The second kappa shape index (κ2) is 8.32. The van der Waals surface area contributed by atoms with Gasteiger partial charge in [-0.25, -0.2) is 9.59 Å². The summed E-state index contributed by atoms with van der Waals surface area (Å²) in [6.07, 6.45) is 12.0. The molecule has 4 nitrogen and oxygen atoms in total. The minimum Gasteiger partial charge on any atom is -0.465 e.